The summed E-state index contributed by atoms with van der Waals surface area (Å²) in [5.74, 6) is -3.68. The SMILES string of the molecule is C=C[C@@H]1C[C@]1(NC(=O)[C@@H]1CC(Oc2nccc3cc(OC)ccc23)CN1)C(=O)NS(=O)(=O)C1CC1.C=C[C@@H]1C[C@]1(NC(=O)[C@@H]1CC(Oc2nccc3cc(OC)ccc23)CN1C(=O)[C@@H](NC(=O)OC(C)(C)C)C(C)(C)O)C(=O)NS(=O)(=O)C1CC1.CC(C)(C)OC(=O)N[C@H](C(=O)O)C(C)(C)O.ClCl. The van der Waals surface area contributed by atoms with Crippen LogP contribution in [0.5, 0.6) is 23.3 Å². The normalized spacial score (nSPS) is 23.4. The predicted octanol–water partition coefficient (Wildman–Crippen LogP) is 5.06. The number of hydrogen-bond acceptors (Lipinski definition) is 23. The summed E-state index contributed by atoms with van der Waals surface area (Å²) in [6.45, 7) is 22.9. The maximum Gasteiger partial charge on any atom is 0.408 e. The quantitative estimate of drug-likeness (QED) is 0.0410. The number of carboxylic acids is 1. The van der Waals surface area contributed by atoms with Gasteiger partial charge in [0.15, 0.2) is 6.04 Å². The molecule has 10 atom stereocenters. The molecular weight excluding hydrogens is 1430 g/mol. The van der Waals surface area contributed by atoms with Gasteiger partial charge in [0.05, 0.1) is 48.5 Å². The number of hydrogen-bond donors (Lipinski definition) is 10. The van der Waals surface area contributed by atoms with Crippen LogP contribution in [-0.2, 0) is 58.3 Å². The average molecular weight is 1520 g/mol. The Bertz CT molecular complexity index is 4100. The molecule has 0 bridgehead atoms. The van der Waals surface area contributed by atoms with Gasteiger partial charge in [0, 0.05) is 76.1 Å². The van der Waals surface area contributed by atoms with Gasteiger partial charge in [-0.2, -0.15) is 0 Å². The lowest BCUT2D eigenvalue weighted by Gasteiger charge is -2.35. The van der Waals surface area contributed by atoms with Crippen molar-refractivity contribution in [3.63, 3.8) is 0 Å². The Hall–Kier alpha value is -8.34. The zero-order chi connectivity index (χ0) is 76.8. The van der Waals surface area contributed by atoms with Crippen LogP contribution in [0.2, 0.25) is 0 Å². The predicted molar refractivity (Wildman–Crippen MR) is 379 cm³/mol. The lowest BCUT2D eigenvalue weighted by molar-refractivity contribution is -0.146. The van der Waals surface area contributed by atoms with Gasteiger partial charge in [-0.3, -0.25) is 33.4 Å². The van der Waals surface area contributed by atoms with Crippen molar-refractivity contribution in [1.29, 1.82) is 0 Å². The van der Waals surface area contributed by atoms with Crippen LogP contribution < -0.4 is 55.0 Å². The molecule has 35 heteroatoms. The van der Waals surface area contributed by atoms with Crippen LogP contribution >= 0.6 is 21.7 Å². The number of nitrogens with zero attached hydrogens (tertiary/aromatic N) is 3. The Morgan fingerprint density at radius 3 is 1.43 bits per heavy atom. The average Bonchev–Trinajstić information content (AvgIpc) is 1.59. The summed E-state index contributed by atoms with van der Waals surface area (Å²) in [6, 6.07) is 9.75. The van der Waals surface area contributed by atoms with E-state index < -0.39 is 142 Å². The van der Waals surface area contributed by atoms with Crippen LogP contribution in [0.15, 0.2) is 86.2 Å². The number of fused-ring (bicyclic) bond motifs is 2. The zero-order valence-electron chi connectivity index (χ0n) is 59.3. The highest BCUT2D eigenvalue weighted by Gasteiger charge is 2.63. The number of aliphatic carboxylic acids is 1. The first-order valence-corrected chi connectivity index (χ1v) is 37.2. The number of rotatable bonds is 24. The van der Waals surface area contributed by atoms with Crippen LogP contribution in [0, 0.1) is 11.8 Å². The first kappa shape index (κ1) is 82.0. The molecule has 6 aliphatic rings. The van der Waals surface area contributed by atoms with Crippen LogP contribution in [0.4, 0.5) is 9.59 Å². The molecule has 4 aliphatic carbocycles. The van der Waals surface area contributed by atoms with E-state index >= 15 is 0 Å². The van der Waals surface area contributed by atoms with Gasteiger partial charge in [0.2, 0.25) is 49.5 Å². The third kappa shape index (κ3) is 21.2. The van der Waals surface area contributed by atoms with Crippen molar-refractivity contribution < 1.29 is 98.9 Å². The van der Waals surface area contributed by atoms with Crippen molar-refractivity contribution >= 4 is 111 Å². The van der Waals surface area contributed by atoms with Crippen molar-refractivity contribution in [2.45, 2.75) is 201 Å². The fourth-order valence-corrected chi connectivity index (χ4v) is 14.2. The molecule has 2 aromatic carbocycles. The second-order valence-electron chi connectivity index (χ2n) is 29.0. The number of benzene rings is 2. The zero-order valence-corrected chi connectivity index (χ0v) is 62.4. The fourth-order valence-electron chi connectivity index (χ4n) is 11.5. The highest BCUT2D eigenvalue weighted by Crippen LogP contribution is 2.47. The van der Waals surface area contributed by atoms with Gasteiger partial charge in [-0.15, -0.1) is 13.2 Å². The summed E-state index contributed by atoms with van der Waals surface area (Å²) in [5.41, 5.74) is -7.90. The third-order valence-corrected chi connectivity index (χ3v) is 21.0. The summed E-state index contributed by atoms with van der Waals surface area (Å²) in [4.78, 5) is 112. The lowest BCUT2D eigenvalue weighted by Crippen LogP contribution is -2.62. The molecule has 0 radical (unpaired) electrons. The fraction of sp³-hybridized carbons (Fsp3) is 0.559. The second kappa shape index (κ2) is 32.4. The third-order valence-electron chi connectivity index (χ3n) is 17.4. The van der Waals surface area contributed by atoms with Crippen molar-refractivity contribution in [1.82, 2.24) is 50.9 Å². The van der Waals surface area contributed by atoms with Crippen LogP contribution in [-0.4, -0.2) is 202 Å². The number of nitrogens with one attached hydrogen (secondary N) is 7. The van der Waals surface area contributed by atoms with E-state index in [2.05, 4.69) is 80.9 Å². The number of pyridine rings is 2. The number of carbonyl (C=O) groups is 8. The standard InChI is InChI=1S/C34H45N5O10S.C24H28N4O6S.C10H19NO5.Cl2/c1-8-20-17-34(20,30(42)38-50(45,46)23-10-11-23)37-27(40)25-16-22(48-28-24-12-9-21(47-7)15-19(24)13-14-35-28)18-39(25)29(41)26(33(5,6)44)36-31(43)49-32(2,3)4;1-3-15-12-24(15,23(30)28-35(31,32)18-5-6-18)27-21(29)20-11-17(13-26-20)34-22-19-7-4-16(33-2)10-14(19)8-9-25-22;1-9(2,3)16-8(14)11-6(7(12)13)10(4,5)15;1-2/h8-9,12-15,20,22-23,25-26,44H,1,10-11,16-18H2,2-7H3,(H,36,43)(H,37,40)(H,38,42);3-4,7-10,15,17-18,20,26H,1,5-6,11-13H2,2H3,(H,27,29)(H,28,30);6,15H,1-5H3,(H,11,14)(H,12,13);/t20-,22?,25+,26-,34-;15-,17?,20+,24-;6-;/m111./s1. The molecule has 6 fully saturated rings. The number of methoxy groups -OCH3 is 2. The van der Waals surface area contributed by atoms with E-state index in [9.17, 15) is 65.4 Å². The topological polar surface area (TPSA) is 434 Å². The monoisotopic (exact) mass is 1520 g/mol. The van der Waals surface area contributed by atoms with Gasteiger partial charge in [-0.1, -0.05) is 12.2 Å². The minimum Gasteiger partial charge on any atom is -0.497 e. The van der Waals surface area contributed by atoms with Crippen molar-refractivity contribution in [3.05, 3.63) is 86.2 Å². The van der Waals surface area contributed by atoms with Gasteiger partial charge >= 0.3 is 18.2 Å². The van der Waals surface area contributed by atoms with Crippen molar-refractivity contribution in [3.8, 4) is 23.3 Å². The number of alkyl carbamates (subject to hydrolysis) is 2. The molecule has 566 valence electrons. The minimum absolute atomic E-state index is 0.0619. The second-order valence-corrected chi connectivity index (χ2v) is 32.9. The summed E-state index contributed by atoms with van der Waals surface area (Å²) in [7, 11) is 3.74. The van der Waals surface area contributed by atoms with Gasteiger partial charge < -0.3 is 75.2 Å². The minimum atomic E-state index is -3.92. The largest absolute Gasteiger partial charge is 0.497 e. The van der Waals surface area contributed by atoms with E-state index in [1.165, 1.54) is 38.7 Å². The van der Waals surface area contributed by atoms with E-state index in [1.807, 2.05) is 24.3 Å². The molecule has 10 rings (SSSR count). The Morgan fingerprint density at radius 2 is 1.05 bits per heavy atom. The van der Waals surface area contributed by atoms with E-state index in [0.717, 1.165) is 21.9 Å². The number of sulfonamides is 2. The van der Waals surface area contributed by atoms with Gasteiger partial charge in [0.25, 0.3) is 11.8 Å². The summed E-state index contributed by atoms with van der Waals surface area (Å²) < 4.78 is 87.2. The molecule has 4 saturated carbocycles. The van der Waals surface area contributed by atoms with Crippen LogP contribution in [0.1, 0.15) is 121 Å². The van der Waals surface area contributed by atoms with Crippen LogP contribution in [0.3, 0.4) is 0 Å². The number of carboxylic acid groups (broad SMARTS) is 1. The highest BCUT2D eigenvalue weighted by atomic mass is 36.5. The van der Waals surface area contributed by atoms with Gasteiger partial charge in [-0.25, -0.2) is 41.2 Å². The van der Waals surface area contributed by atoms with E-state index in [0.29, 0.717) is 62.1 Å². The number of aliphatic hydroxyl groups is 2. The maximum absolute atomic E-state index is 14.3. The smallest absolute Gasteiger partial charge is 0.408 e. The molecule has 0 spiro atoms. The number of ether oxygens (including phenoxy) is 6. The summed E-state index contributed by atoms with van der Waals surface area (Å²) >= 11 is 0. The molecule has 7 amide bonds. The number of carbonyl (C=O) groups excluding carboxylic acids is 7. The molecule has 2 aliphatic heterocycles. The molecule has 10 N–H and O–H groups in total. The Kier molecular flexibility index (Phi) is 25.7. The van der Waals surface area contributed by atoms with E-state index in [-0.39, 0.29) is 43.2 Å². The Labute approximate surface area is 607 Å². The van der Waals surface area contributed by atoms with Crippen LogP contribution in [0.25, 0.3) is 21.5 Å². The molecular formula is C68H92Cl2N10O21S2. The lowest BCUT2D eigenvalue weighted by atomic mass is 9.97. The summed E-state index contributed by atoms with van der Waals surface area (Å²) in [5, 5.41) is 44.6. The first-order chi connectivity index (χ1) is 48.0. The maximum atomic E-state index is 14.3. The molecule has 4 heterocycles. The number of amides is 7. The van der Waals surface area contributed by atoms with Crippen molar-refractivity contribution in [2.24, 2.45) is 11.8 Å². The molecule has 2 aromatic heterocycles. The number of likely N-dealkylation sites (tertiary alicyclic amines) is 1. The molecule has 2 unspecified atom stereocenters. The van der Waals surface area contributed by atoms with Gasteiger partial charge in [0.1, 0.15) is 58.1 Å². The molecule has 4 aromatic rings. The molecule has 2 saturated heterocycles. The van der Waals surface area contributed by atoms with Gasteiger partial charge in [-0.05, 0) is 167 Å². The Morgan fingerprint density at radius 1 is 0.631 bits per heavy atom. The Balaban J connectivity index is 0.000000242. The highest BCUT2D eigenvalue weighted by molar-refractivity contribution is 7.91. The first-order valence-electron chi connectivity index (χ1n) is 33.0. The summed E-state index contributed by atoms with van der Waals surface area (Å²) in [6.07, 6.45) is 5.98. The number of halogens is 2. The van der Waals surface area contributed by atoms with Crippen molar-refractivity contribution in [2.75, 3.05) is 27.3 Å². The molecule has 31 nitrogen and oxygen atoms in total. The van der Waals surface area contributed by atoms with E-state index in [1.54, 1.807) is 98.5 Å². The molecule has 103 heavy (non-hydrogen) atoms. The number of aromatic nitrogens is 2. The van der Waals surface area contributed by atoms with E-state index in [4.69, 9.17) is 33.5 Å².